The number of hydrogen-bond acceptors (Lipinski definition) is 4. The van der Waals surface area contributed by atoms with E-state index in [1.807, 2.05) is 20.8 Å². The van der Waals surface area contributed by atoms with Crippen LogP contribution in [0.25, 0.3) is 0 Å². The molecule has 3 fully saturated rings. The summed E-state index contributed by atoms with van der Waals surface area (Å²) >= 11 is 0. The SMILES string of the molecule is CC(C)(C)OC(=O)NC1CN(C2CCN(CC3CC3)CC2)C1. The highest BCUT2D eigenvalue weighted by Crippen LogP contribution is 2.31. The highest BCUT2D eigenvalue weighted by molar-refractivity contribution is 5.68. The Morgan fingerprint density at radius 1 is 1.14 bits per heavy atom. The van der Waals surface area contributed by atoms with Crippen molar-refractivity contribution in [1.82, 2.24) is 15.1 Å². The Labute approximate surface area is 134 Å². The van der Waals surface area contributed by atoms with Gasteiger partial charge < -0.3 is 15.0 Å². The van der Waals surface area contributed by atoms with Gasteiger partial charge in [0.1, 0.15) is 5.60 Å². The highest BCUT2D eigenvalue weighted by Gasteiger charge is 2.36. The molecule has 5 nitrogen and oxygen atoms in total. The lowest BCUT2D eigenvalue weighted by Gasteiger charge is -2.47. The predicted octanol–water partition coefficient (Wildman–Crippen LogP) is 2.07. The van der Waals surface area contributed by atoms with Gasteiger partial charge in [0, 0.05) is 25.7 Å². The zero-order chi connectivity index (χ0) is 15.7. The molecule has 22 heavy (non-hydrogen) atoms. The molecule has 1 N–H and O–H groups in total. The monoisotopic (exact) mass is 309 g/mol. The average molecular weight is 309 g/mol. The molecule has 0 aromatic carbocycles. The van der Waals surface area contributed by atoms with E-state index < -0.39 is 5.60 Å². The smallest absolute Gasteiger partial charge is 0.407 e. The molecule has 0 spiro atoms. The lowest BCUT2D eigenvalue weighted by Crippen LogP contribution is -2.63. The number of alkyl carbamates (subject to hydrolysis) is 1. The number of piperidine rings is 1. The number of amides is 1. The van der Waals surface area contributed by atoms with E-state index in [0.29, 0.717) is 6.04 Å². The van der Waals surface area contributed by atoms with Crippen molar-refractivity contribution in [2.75, 3.05) is 32.7 Å². The van der Waals surface area contributed by atoms with E-state index in [0.717, 1.165) is 19.0 Å². The third-order valence-corrected chi connectivity index (χ3v) is 4.92. The molecule has 2 aliphatic heterocycles. The summed E-state index contributed by atoms with van der Waals surface area (Å²) in [7, 11) is 0. The maximum absolute atomic E-state index is 11.7. The second-order valence-electron chi connectivity index (χ2n) is 8.27. The molecule has 0 atom stereocenters. The van der Waals surface area contributed by atoms with Gasteiger partial charge in [-0.05, 0) is 65.5 Å². The standard InChI is InChI=1S/C17H31N3O2/c1-17(2,3)22-16(21)18-14-11-20(12-14)15-6-8-19(9-7-15)10-13-4-5-13/h13-15H,4-12H2,1-3H3,(H,18,21). The molecule has 3 aliphatic rings. The van der Waals surface area contributed by atoms with Crippen LogP contribution in [-0.4, -0.2) is 66.3 Å². The number of nitrogens with zero attached hydrogens (tertiary/aromatic N) is 2. The van der Waals surface area contributed by atoms with Crippen molar-refractivity contribution in [2.45, 2.75) is 64.1 Å². The van der Waals surface area contributed by atoms with Crippen molar-refractivity contribution in [2.24, 2.45) is 5.92 Å². The number of rotatable bonds is 4. The van der Waals surface area contributed by atoms with Crippen molar-refractivity contribution in [3.8, 4) is 0 Å². The average Bonchev–Trinajstić information content (AvgIpc) is 3.16. The van der Waals surface area contributed by atoms with E-state index in [-0.39, 0.29) is 12.1 Å². The van der Waals surface area contributed by atoms with Crippen molar-refractivity contribution in [1.29, 1.82) is 0 Å². The number of carbonyl (C=O) groups is 1. The minimum Gasteiger partial charge on any atom is -0.444 e. The molecule has 1 amide bonds. The van der Waals surface area contributed by atoms with E-state index in [9.17, 15) is 4.79 Å². The molecule has 2 saturated heterocycles. The molecule has 3 rings (SSSR count). The zero-order valence-electron chi connectivity index (χ0n) is 14.3. The Morgan fingerprint density at radius 3 is 2.32 bits per heavy atom. The van der Waals surface area contributed by atoms with Gasteiger partial charge in [-0.25, -0.2) is 4.79 Å². The summed E-state index contributed by atoms with van der Waals surface area (Å²) in [5.74, 6) is 1.00. The van der Waals surface area contributed by atoms with Crippen LogP contribution in [0.15, 0.2) is 0 Å². The van der Waals surface area contributed by atoms with Gasteiger partial charge in [-0.3, -0.25) is 4.90 Å². The van der Waals surface area contributed by atoms with E-state index in [2.05, 4.69) is 15.1 Å². The molecular formula is C17H31N3O2. The topological polar surface area (TPSA) is 44.8 Å². The van der Waals surface area contributed by atoms with Gasteiger partial charge in [-0.1, -0.05) is 0 Å². The van der Waals surface area contributed by atoms with Crippen molar-refractivity contribution in [3.05, 3.63) is 0 Å². The lowest BCUT2D eigenvalue weighted by molar-refractivity contribution is 0.0188. The fourth-order valence-electron chi connectivity index (χ4n) is 3.51. The quantitative estimate of drug-likeness (QED) is 0.863. The Balaban J connectivity index is 1.31. The van der Waals surface area contributed by atoms with Crippen LogP contribution in [0.4, 0.5) is 4.79 Å². The number of likely N-dealkylation sites (tertiary alicyclic amines) is 2. The molecule has 1 saturated carbocycles. The van der Waals surface area contributed by atoms with Gasteiger partial charge in [0.15, 0.2) is 0 Å². The summed E-state index contributed by atoms with van der Waals surface area (Å²) in [4.78, 5) is 16.9. The van der Waals surface area contributed by atoms with E-state index in [1.165, 1.54) is 45.3 Å². The third kappa shape index (κ3) is 4.59. The molecule has 0 radical (unpaired) electrons. The van der Waals surface area contributed by atoms with Crippen molar-refractivity contribution >= 4 is 6.09 Å². The predicted molar refractivity (Wildman–Crippen MR) is 86.9 cm³/mol. The van der Waals surface area contributed by atoms with E-state index in [4.69, 9.17) is 4.74 Å². The first kappa shape index (κ1) is 16.1. The van der Waals surface area contributed by atoms with Crippen LogP contribution in [0.5, 0.6) is 0 Å². The minimum atomic E-state index is -0.415. The number of nitrogens with one attached hydrogen (secondary N) is 1. The molecular weight excluding hydrogens is 278 g/mol. The molecule has 2 heterocycles. The summed E-state index contributed by atoms with van der Waals surface area (Å²) < 4.78 is 5.31. The summed E-state index contributed by atoms with van der Waals surface area (Å²) in [6, 6.07) is 0.978. The molecule has 0 aromatic rings. The van der Waals surface area contributed by atoms with Gasteiger partial charge in [0.25, 0.3) is 0 Å². The Morgan fingerprint density at radius 2 is 1.77 bits per heavy atom. The van der Waals surface area contributed by atoms with Crippen LogP contribution < -0.4 is 5.32 Å². The second-order valence-corrected chi connectivity index (χ2v) is 8.27. The molecule has 5 heteroatoms. The molecule has 1 aliphatic carbocycles. The van der Waals surface area contributed by atoms with Gasteiger partial charge in [-0.2, -0.15) is 0 Å². The van der Waals surface area contributed by atoms with Crippen LogP contribution in [-0.2, 0) is 4.74 Å². The zero-order valence-corrected chi connectivity index (χ0v) is 14.3. The second kappa shape index (κ2) is 6.36. The summed E-state index contributed by atoms with van der Waals surface area (Å²) in [5.41, 5.74) is -0.415. The summed E-state index contributed by atoms with van der Waals surface area (Å²) in [6.07, 6.45) is 5.18. The van der Waals surface area contributed by atoms with Crippen LogP contribution in [0.2, 0.25) is 0 Å². The summed E-state index contributed by atoms with van der Waals surface area (Å²) in [6.45, 7) is 11.5. The molecule has 0 aromatic heterocycles. The van der Waals surface area contributed by atoms with Gasteiger partial charge in [-0.15, -0.1) is 0 Å². The van der Waals surface area contributed by atoms with Crippen molar-refractivity contribution in [3.63, 3.8) is 0 Å². The molecule has 126 valence electrons. The fraction of sp³-hybridized carbons (Fsp3) is 0.941. The summed E-state index contributed by atoms with van der Waals surface area (Å²) in [5, 5.41) is 2.97. The van der Waals surface area contributed by atoms with Gasteiger partial charge in [0.05, 0.1) is 6.04 Å². The maximum atomic E-state index is 11.7. The van der Waals surface area contributed by atoms with Crippen LogP contribution in [0, 0.1) is 5.92 Å². The first-order valence-electron chi connectivity index (χ1n) is 8.85. The van der Waals surface area contributed by atoms with Crippen LogP contribution in [0.1, 0.15) is 46.5 Å². The maximum Gasteiger partial charge on any atom is 0.407 e. The van der Waals surface area contributed by atoms with Gasteiger partial charge >= 0.3 is 6.09 Å². The lowest BCUT2D eigenvalue weighted by atomic mass is 9.97. The molecule has 0 bridgehead atoms. The van der Waals surface area contributed by atoms with Crippen LogP contribution in [0.3, 0.4) is 0 Å². The first-order valence-corrected chi connectivity index (χ1v) is 8.85. The number of ether oxygens (including phenoxy) is 1. The number of hydrogen-bond donors (Lipinski definition) is 1. The third-order valence-electron chi connectivity index (χ3n) is 4.92. The van der Waals surface area contributed by atoms with Gasteiger partial charge in [0.2, 0.25) is 0 Å². The Kier molecular flexibility index (Phi) is 4.64. The Hall–Kier alpha value is -0.810. The first-order chi connectivity index (χ1) is 10.4. The fourth-order valence-corrected chi connectivity index (χ4v) is 3.51. The van der Waals surface area contributed by atoms with E-state index in [1.54, 1.807) is 0 Å². The minimum absolute atomic E-state index is 0.263. The largest absolute Gasteiger partial charge is 0.444 e. The van der Waals surface area contributed by atoms with Crippen LogP contribution >= 0.6 is 0 Å². The van der Waals surface area contributed by atoms with Crippen molar-refractivity contribution < 1.29 is 9.53 Å². The van der Waals surface area contributed by atoms with E-state index >= 15 is 0 Å². The Bertz CT molecular complexity index is 389. The normalized spacial score (nSPS) is 25.8. The molecule has 0 unspecified atom stereocenters. The number of carbonyl (C=O) groups excluding carboxylic acids is 1. The highest BCUT2D eigenvalue weighted by atomic mass is 16.6.